The number of nitrogens with one attached hydrogen (secondary N) is 1. The summed E-state index contributed by atoms with van der Waals surface area (Å²) in [7, 11) is 3.13. The maximum Gasteiger partial charge on any atom is 0.271 e. The van der Waals surface area contributed by atoms with Crippen LogP contribution in [-0.2, 0) is 16.0 Å². The molecule has 1 aliphatic rings. The number of likely N-dealkylation sites (N-methyl/N-ethyl adjacent to an activating group) is 1. The minimum atomic E-state index is -1.03. The van der Waals surface area contributed by atoms with Crippen LogP contribution in [0.15, 0.2) is 54.2 Å². The van der Waals surface area contributed by atoms with Gasteiger partial charge in [-0.15, -0.1) is 0 Å². The lowest BCUT2D eigenvalue weighted by Gasteiger charge is -2.42. The zero-order valence-corrected chi connectivity index (χ0v) is 16.9. The van der Waals surface area contributed by atoms with Gasteiger partial charge in [-0.1, -0.05) is 36.4 Å². The molecule has 3 rings (SSSR count). The first-order valence-corrected chi connectivity index (χ1v) is 9.25. The van der Waals surface area contributed by atoms with E-state index in [1.807, 2.05) is 30.3 Å². The van der Waals surface area contributed by atoms with Crippen molar-refractivity contribution < 1.29 is 14.3 Å². The van der Waals surface area contributed by atoms with Crippen LogP contribution in [0.5, 0.6) is 5.75 Å². The van der Waals surface area contributed by atoms with Gasteiger partial charge in [0.25, 0.3) is 11.8 Å². The first-order chi connectivity index (χ1) is 13.8. The Morgan fingerprint density at radius 1 is 1.17 bits per heavy atom. The van der Waals surface area contributed by atoms with Crippen LogP contribution in [0.2, 0.25) is 0 Å². The highest BCUT2D eigenvalue weighted by Crippen LogP contribution is 2.34. The summed E-state index contributed by atoms with van der Waals surface area (Å²) in [5.74, 6) is -0.113. The van der Waals surface area contributed by atoms with E-state index in [1.165, 1.54) is 12.0 Å². The second-order valence-electron chi connectivity index (χ2n) is 7.25. The summed E-state index contributed by atoms with van der Waals surface area (Å²) in [6.07, 6.45) is 0.395. The topological polar surface area (TPSA) is 82.4 Å². The van der Waals surface area contributed by atoms with Crippen LogP contribution in [0.1, 0.15) is 30.5 Å². The Morgan fingerprint density at radius 3 is 2.48 bits per heavy atom. The monoisotopic (exact) mass is 389 g/mol. The van der Waals surface area contributed by atoms with Gasteiger partial charge >= 0.3 is 0 Å². The van der Waals surface area contributed by atoms with E-state index in [2.05, 4.69) is 11.4 Å². The Hall–Kier alpha value is -3.59. The summed E-state index contributed by atoms with van der Waals surface area (Å²) in [6, 6.07) is 16.8. The van der Waals surface area contributed by atoms with Gasteiger partial charge in [0.1, 0.15) is 17.0 Å². The maximum absolute atomic E-state index is 13.2. The number of benzene rings is 2. The smallest absolute Gasteiger partial charge is 0.271 e. The second-order valence-corrected chi connectivity index (χ2v) is 7.25. The number of carbonyl (C=O) groups is 2. The van der Waals surface area contributed by atoms with Crippen molar-refractivity contribution in [3.8, 4) is 11.8 Å². The van der Waals surface area contributed by atoms with E-state index in [-0.39, 0.29) is 17.5 Å². The van der Waals surface area contributed by atoms with Crippen molar-refractivity contribution in [3.63, 3.8) is 0 Å². The number of hydrogen-bond acceptors (Lipinski definition) is 4. The molecule has 0 aliphatic carbocycles. The summed E-state index contributed by atoms with van der Waals surface area (Å²) >= 11 is 0. The van der Waals surface area contributed by atoms with Gasteiger partial charge in [-0.2, -0.15) is 5.26 Å². The van der Waals surface area contributed by atoms with Gasteiger partial charge in [0, 0.05) is 19.0 Å². The van der Waals surface area contributed by atoms with E-state index >= 15 is 0 Å². The Labute approximate surface area is 170 Å². The molecule has 6 heteroatoms. The van der Waals surface area contributed by atoms with Gasteiger partial charge < -0.3 is 15.0 Å². The van der Waals surface area contributed by atoms with Crippen molar-refractivity contribution in [2.45, 2.75) is 25.8 Å². The third-order valence-electron chi connectivity index (χ3n) is 5.49. The zero-order valence-electron chi connectivity index (χ0n) is 16.9. The van der Waals surface area contributed by atoms with Crippen molar-refractivity contribution in [3.05, 3.63) is 70.9 Å². The molecule has 1 fully saturated rings. The van der Waals surface area contributed by atoms with E-state index in [1.54, 1.807) is 39.1 Å². The van der Waals surface area contributed by atoms with Gasteiger partial charge in [-0.25, -0.2) is 0 Å². The first kappa shape index (κ1) is 20.2. The number of rotatable bonds is 4. The van der Waals surface area contributed by atoms with Gasteiger partial charge in [-0.3, -0.25) is 9.59 Å². The molecule has 2 aromatic rings. The number of carbonyl (C=O) groups excluding carboxylic acids is 2. The highest BCUT2D eigenvalue weighted by molar-refractivity contribution is 6.11. The minimum Gasteiger partial charge on any atom is -0.496 e. The molecule has 1 atom stereocenters. The van der Waals surface area contributed by atoms with Gasteiger partial charge in [-0.05, 0) is 37.1 Å². The van der Waals surface area contributed by atoms with Crippen LogP contribution in [0.3, 0.4) is 0 Å². The number of nitrogens with zero attached hydrogens (tertiary/aromatic N) is 2. The molecule has 6 nitrogen and oxygen atoms in total. The minimum absolute atomic E-state index is 0.157. The number of ether oxygens (including phenoxy) is 1. The van der Waals surface area contributed by atoms with Gasteiger partial charge in [0.15, 0.2) is 0 Å². The fraction of sp³-hybridized carbons (Fsp3) is 0.261. The molecule has 1 unspecified atom stereocenters. The Bertz CT molecular complexity index is 1040. The largest absolute Gasteiger partial charge is 0.496 e. The lowest BCUT2D eigenvalue weighted by molar-refractivity contribution is -0.147. The fourth-order valence-electron chi connectivity index (χ4n) is 3.60. The number of methoxy groups -OCH3 is 1. The highest BCUT2D eigenvalue weighted by Gasteiger charge is 2.46. The van der Waals surface area contributed by atoms with Crippen LogP contribution in [0.4, 0.5) is 0 Å². The summed E-state index contributed by atoms with van der Waals surface area (Å²) in [5.41, 5.74) is 1.46. The number of allylic oxidation sites excluding steroid dienone is 1. The molecule has 0 spiro atoms. The third kappa shape index (κ3) is 3.47. The Kier molecular flexibility index (Phi) is 5.42. The predicted octanol–water partition coefficient (Wildman–Crippen LogP) is 2.89. The molecular weight excluding hydrogens is 366 g/mol. The quantitative estimate of drug-likeness (QED) is 0.815. The lowest BCUT2D eigenvalue weighted by Crippen LogP contribution is -2.64. The summed E-state index contributed by atoms with van der Waals surface area (Å²) < 4.78 is 5.39. The van der Waals surface area contributed by atoms with E-state index in [0.717, 1.165) is 5.56 Å². The molecule has 1 N–H and O–H groups in total. The molecule has 2 amide bonds. The lowest BCUT2D eigenvalue weighted by atomic mass is 9.87. The Balaban J connectivity index is 2.05. The van der Waals surface area contributed by atoms with Gasteiger partial charge in [0.2, 0.25) is 0 Å². The van der Waals surface area contributed by atoms with Crippen molar-refractivity contribution in [2.75, 3.05) is 14.2 Å². The first-order valence-electron chi connectivity index (χ1n) is 9.25. The van der Waals surface area contributed by atoms with Crippen LogP contribution in [0, 0.1) is 11.3 Å². The van der Waals surface area contributed by atoms with E-state index in [9.17, 15) is 14.9 Å². The van der Waals surface area contributed by atoms with Crippen molar-refractivity contribution in [1.82, 2.24) is 10.2 Å². The summed E-state index contributed by atoms with van der Waals surface area (Å²) in [5, 5.41) is 12.3. The molecule has 1 saturated heterocycles. The molecule has 29 heavy (non-hydrogen) atoms. The van der Waals surface area contributed by atoms with Gasteiger partial charge in [0.05, 0.1) is 18.7 Å². The highest BCUT2D eigenvalue weighted by atomic mass is 16.5. The molecule has 148 valence electrons. The van der Waals surface area contributed by atoms with E-state index < -0.39 is 5.54 Å². The molecule has 0 radical (unpaired) electrons. The SMILES string of the molecule is COc1cccc(C#N)c1C(C)=C1NC(=O)C(C)(Cc2ccccc2)N(C)C1=O. The van der Waals surface area contributed by atoms with E-state index in [0.29, 0.717) is 28.9 Å². The van der Waals surface area contributed by atoms with Crippen molar-refractivity contribution >= 4 is 17.4 Å². The van der Waals surface area contributed by atoms with Crippen LogP contribution >= 0.6 is 0 Å². The molecule has 1 aliphatic heterocycles. The van der Waals surface area contributed by atoms with Crippen molar-refractivity contribution in [1.29, 1.82) is 5.26 Å². The molecule has 0 saturated carbocycles. The third-order valence-corrected chi connectivity index (χ3v) is 5.49. The van der Waals surface area contributed by atoms with Crippen LogP contribution < -0.4 is 10.1 Å². The van der Waals surface area contributed by atoms with E-state index in [4.69, 9.17) is 4.74 Å². The molecule has 0 bridgehead atoms. The van der Waals surface area contributed by atoms with Crippen molar-refractivity contribution in [2.24, 2.45) is 0 Å². The number of piperazine rings is 1. The average Bonchev–Trinajstić information content (AvgIpc) is 2.74. The standard InChI is InChI=1S/C23H23N3O3/c1-15(19-17(14-24)11-8-12-18(19)29-4)20-21(27)26(3)23(2,22(28)25-20)13-16-9-6-5-7-10-16/h5-12H,13H2,1-4H3,(H,25,28). The van der Waals surface area contributed by atoms with Crippen LogP contribution in [-0.4, -0.2) is 36.4 Å². The molecule has 2 aromatic carbocycles. The number of hydrogen-bond donors (Lipinski definition) is 1. The van der Waals surface area contributed by atoms with Crippen LogP contribution in [0.25, 0.3) is 5.57 Å². The normalized spacial score (nSPS) is 20.7. The number of nitriles is 1. The molecular formula is C23H23N3O3. The predicted molar refractivity (Wildman–Crippen MR) is 110 cm³/mol. The maximum atomic E-state index is 13.2. The second kappa shape index (κ2) is 7.80. The average molecular weight is 389 g/mol. The zero-order chi connectivity index (χ0) is 21.2. The molecule has 0 aromatic heterocycles. The summed E-state index contributed by atoms with van der Waals surface area (Å²) in [6.45, 7) is 3.46. The molecule has 1 heterocycles. The Morgan fingerprint density at radius 2 is 1.86 bits per heavy atom. The number of amides is 2. The summed E-state index contributed by atoms with van der Waals surface area (Å²) in [4.78, 5) is 27.8. The fourth-order valence-corrected chi connectivity index (χ4v) is 3.60.